The first-order valence-corrected chi connectivity index (χ1v) is 11.5. The molecule has 1 fully saturated rings. The Hall–Kier alpha value is -4.41. The molecule has 1 saturated carbocycles. The Bertz CT molecular complexity index is 1220. The molecule has 1 aromatic carbocycles. The van der Waals surface area contributed by atoms with E-state index in [0.29, 0.717) is 23.8 Å². The van der Waals surface area contributed by atoms with Gasteiger partial charge in [-0.2, -0.15) is 0 Å². The van der Waals surface area contributed by atoms with Gasteiger partial charge in [-0.1, -0.05) is 12.7 Å². The van der Waals surface area contributed by atoms with Gasteiger partial charge in [0.2, 0.25) is 6.79 Å². The van der Waals surface area contributed by atoms with Crippen molar-refractivity contribution >= 4 is 30.1 Å². The maximum absolute atomic E-state index is 13.0. The number of hydrogen-bond acceptors (Lipinski definition) is 9. The monoisotopic (exact) mass is 512 g/mol. The number of hydrogen-bond donors (Lipinski definition) is 2. The molecule has 196 valence electrons. The number of nitrogens with zero attached hydrogens (tertiary/aromatic N) is 1. The Balaban J connectivity index is 2.00. The van der Waals surface area contributed by atoms with Crippen LogP contribution in [0.1, 0.15) is 63.6 Å². The summed E-state index contributed by atoms with van der Waals surface area (Å²) in [6.07, 6.45) is 2.02. The predicted molar refractivity (Wildman–Crippen MR) is 131 cm³/mol. The number of carbonyl (C=O) groups is 4. The van der Waals surface area contributed by atoms with Crippen LogP contribution in [0, 0.1) is 5.92 Å². The zero-order chi connectivity index (χ0) is 27.1. The summed E-state index contributed by atoms with van der Waals surface area (Å²) in [7, 11) is 1.40. The fourth-order valence-corrected chi connectivity index (χ4v) is 3.37. The average Bonchev–Trinajstić information content (AvgIpc) is 3.70. The third-order valence-corrected chi connectivity index (χ3v) is 5.38. The molecule has 11 nitrogen and oxygen atoms in total. The Morgan fingerprint density at radius 1 is 1.16 bits per heavy atom. The van der Waals surface area contributed by atoms with Crippen LogP contribution < -0.4 is 10.1 Å². The number of rotatable bonds is 11. The molecule has 2 aromatic rings. The van der Waals surface area contributed by atoms with Crippen LogP contribution in [0.4, 0.5) is 4.79 Å². The molecular weight excluding hydrogens is 484 g/mol. The normalized spacial score (nSPS) is 12.4. The minimum atomic E-state index is -1.27. The number of amides is 1. The van der Waals surface area contributed by atoms with E-state index in [1.54, 1.807) is 13.8 Å². The second-order valence-corrected chi connectivity index (χ2v) is 8.51. The number of ether oxygens (including phenoxy) is 4. The second-order valence-electron chi connectivity index (χ2n) is 8.51. The van der Waals surface area contributed by atoms with Gasteiger partial charge in [-0.25, -0.2) is 19.4 Å². The number of benzene rings is 1. The van der Waals surface area contributed by atoms with Gasteiger partial charge in [0.15, 0.2) is 5.69 Å². The maximum Gasteiger partial charge on any atom is 0.511 e. The summed E-state index contributed by atoms with van der Waals surface area (Å²) in [4.78, 5) is 53.5. The zero-order valence-corrected chi connectivity index (χ0v) is 20.7. The van der Waals surface area contributed by atoms with E-state index in [2.05, 4.69) is 16.9 Å². The summed E-state index contributed by atoms with van der Waals surface area (Å²) in [5.41, 5.74) is 0.0150. The van der Waals surface area contributed by atoms with Gasteiger partial charge >= 0.3 is 18.1 Å². The quantitative estimate of drug-likeness (QED) is 0.335. The number of pyridine rings is 1. The number of aromatic carboxylic acids is 1. The van der Waals surface area contributed by atoms with Crippen molar-refractivity contribution in [3.8, 4) is 16.9 Å². The smallest absolute Gasteiger partial charge is 0.496 e. The molecule has 1 heterocycles. The van der Waals surface area contributed by atoms with E-state index in [1.807, 2.05) is 0 Å². The van der Waals surface area contributed by atoms with E-state index in [4.69, 9.17) is 18.9 Å². The molecular formula is C26H28N2O9. The van der Waals surface area contributed by atoms with Crippen molar-refractivity contribution in [2.45, 2.75) is 32.8 Å². The van der Waals surface area contributed by atoms with E-state index >= 15 is 0 Å². The van der Waals surface area contributed by atoms with Gasteiger partial charge in [0, 0.05) is 23.2 Å². The molecule has 2 N–H and O–H groups in total. The van der Waals surface area contributed by atoms with Crippen molar-refractivity contribution in [1.82, 2.24) is 10.3 Å². The van der Waals surface area contributed by atoms with Gasteiger partial charge in [-0.3, -0.25) is 4.79 Å². The SMILES string of the molecule is C=Cc1cc(C(=O)O)c(-c2ccc(C(=O)NCC3CC3)nc2C(=O)OCOC(=O)OC(C)C)cc1OC. The highest BCUT2D eigenvalue weighted by molar-refractivity contribution is 6.03. The number of carboxylic acid groups (broad SMARTS) is 1. The molecule has 0 saturated heterocycles. The summed E-state index contributed by atoms with van der Waals surface area (Å²) >= 11 is 0. The van der Waals surface area contributed by atoms with E-state index in [-0.39, 0.29) is 28.1 Å². The Morgan fingerprint density at radius 2 is 1.89 bits per heavy atom. The average molecular weight is 513 g/mol. The molecule has 0 spiro atoms. The van der Waals surface area contributed by atoms with Crippen molar-refractivity contribution in [2.24, 2.45) is 5.92 Å². The molecule has 1 aliphatic rings. The van der Waals surface area contributed by atoms with Crippen LogP contribution >= 0.6 is 0 Å². The fourth-order valence-electron chi connectivity index (χ4n) is 3.37. The lowest BCUT2D eigenvalue weighted by atomic mass is 9.95. The topological polar surface area (TPSA) is 150 Å². The van der Waals surface area contributed by atoms with Crippen molar-refractivity contribution in [2.75, 3.05) is 20.4 Å². The van der Waals surface area contributed by atoms with Crippen LogP contribution in [0.25, 0.3) is 17.2 Å². The highest BCUT2D eigenvalue weighted by Gasteiger charge is 2.26. The highest BCUT2D eigenvalue weighted by atomic mass is 16.8. The van der Waals surface area contributed by atoms with Crippen molar-refractivity contribution in [3.63, 3.8) is 0 Å². The lowest BCUT2D eigenvalue weighted by Crippen LogP contribution is -2.27. The Kier molecular flexibility index (Phi) is 8.83. The first kappa shape index (κ1) is 27.2. The first-order valence-electron chi connectivity index (χ1n) is 11.5. The Labute approximate surface area is 213 Å². The van der Waals surface area contributed by atoms with E-state index in [9.17, 15) is 24.3 Å². The third kappa shape index (κ3) is 7.06. The summed E-state index contributed by atoms with van der Waals surface area (Å²) in [6, 6.07) is 5.56. The fraction of sp³-hybridized carbons (Fsp3) is 0.346. The summed E-state index contributed by atoms with van der Waals surface area (Å²) in [5.74, 6) is -2.09. The minimum Gasteiger partial charge on any atom is -0.496 e. The number of methoxy groups -OCH3 is 1. The molecule has 0 unspecified atom stereocenters. The molecule has 1 aromatic heterocycles. The van der Waals surface area contributed by atoms with Crippen LogP contribution in [0.15, 0.2) is 30.8 Å². The molecule has 0 radical (unpaired) electrons. The van der Waals surface area contributed by atoms with Gasteiger partial charge in [0.25, 0.3) is 5.91 Å². The first-order chi connectivity index (χ1) is 17.6. The van der Waals surface area contributed by atoms with Gasteiger partial charge in [-0.15, -0.1) is 0 Å². The van der Waals surface area contributed by atoms with Crippen LogP contribution in [0.3, 0.4) is 0 Å². The predicted octanol–water partition coefficient (Wildman–Crippen LogP) is 3.91. The van der Waals surface area contributed by atoms with Gasteiger partial charge in [-0.05, 0) is 56.9 Å². The van der Waals surface area contributed by atoms with Gasteiger partial charge in [0.1, 0.15) is 11.4 Å². The highest BCUT2D eigenvalue weighted by Crippen LogP contribution is 2.34. The summed E-state index contributed by atoms with van der Waals surface area (Å²) in [5, 5.41) is 12.6. The summed E-state index contributed by atoms with van der Waals surface area (Å²) < 4.78 is 19.9. The molecule has 0 atom stereocenters. The van der Waals surface area contributed by atoms with Gasteiger partial charge in [0.05, 0.1) is 18.8 Å². The molecule has 3 rings (SSSR count). The van der Waals surface area contributed by atoms with Crippen molar-refractivity contribution < 1.29 is 43.2 Å². The number of esters is 1. The lowest BCUT2D eigenvalue weighted by Gasteiger charge is -2.15. The molecule has 1 aliphatic carbocycles. The number of carbonyl (C=O) groups excluding carboxylic acids is 3. The standard InChI is InChI=1S/C26H28N2O9/c1-5-16-10-19(24(30)31)18(11-21(16)34-4)17-8-9-20(23(29)27-12-15-6-7-15)28-22(17)25(32)35-13-36-26(33)37-14(2)3/h5,8-11,14-15H,1,6-7,12-13H2,2-4H3,(H,27,29)(H,30,31). The summed E-state index contributed by atoms with van der Waals surface area (Å²) in [6.45, 7) is 6.60. The van der Waals surface area contributed by atoms with E-state index < -0.39 is 36.9 Å². The molecule has 1 amide bonds. The second kappa shape index (κ2) is 12.0. The molecule has 11 heteroatoms. The number of aromatic nitrogens is 1. The van der Waals surface area contributed by atoms with Crippen molar-refractivity contribution in [1.29, 1.82) is 0 Å². The third-order valence-electron chi connectivity index (χ3n) is 5.38. The number of carboxylic acids is 1. The van der Waals surface area contributed by atoms with E-state index in [0.717, 1.165) is 12.8 Å². The molecule has 0 bridgehead atoms. The minimum absolute atomic E-state index is 0.0666. The maximum atomic E-state index is 13.0. The van der Waals surface area contributed by atoms with Gasteiger partial charge < -0.3 is 29.4 Å². The van der Waals surface area contributed by atoms with Crippen LogP contribution in [0.2, 0.25) is 0 Å². The lowest BCUT2D eigenvalue weighted by molar-refractivity contribution is -0.0347. The van der Waals surface area contributed by atoms with Crippen LogP contribution in [-0.2, 0) is 14.2 Å². The van der Waals surface area contributed by atoms with Crippen LogP contribution in [0.5, 0.6) is 5.75 Å². The van der Waals surface area contributed by atoms with Crippen molar-refractivity contribution in [3.05, 3.63) is 53.4 Å². The Morgan fingerprint density at radius 3 is 2.49 bits per heavy atom. The molecule has 37 heavy (non-hydrogen) atoms. The largest absolute Gasteiger partial charge is 0.511 e. The van der Waals surface area contributed by atoms with E-state index in [1.165, 1.54) is 37.5 Å². The number of nitrogens with one attached hydrogen (secondary N) is 1. The zero-order valence-electron chi connectivity index (χ0n) is 20.7. The molecule has 0 aliphatic heterocycles. The van der Waals surface area contributed by atoms with Crippen LogP contribution in [-0.4, -0.2) is 60.6 Å².